The van der Waals surface area contributed by atoms with Gasteiger partial charge < -0.3 is 9.47 Å². The first-order valence-corrected chi connectivity index (χ1v) is 10.3. The van der Waals surface area contributed by atoms with Gasteiger partial charge in [0.1, 0.15) is 5.82 Å². The Bertz CT molecular complexity index is 1110. The number of nitrogens with zero attached hydrogens (tertiary/aromatic N) is 3. The van der Waals surface area contributed by atoms with Gasteiger partial charge in [-0.25, -0.2) is 4.98 Å². The lowest BCUT2D eigenvalue weighted by atomic mass is 10.1. The summed E-state index contributed by atoms with van der Waals surface area (Å²) in [6, 6.07) is 11.0. The van der Waals surface area contributed by atoms with Gasteiger partial charge in [0.05, 0.1) is 30.8 Å². The minimum absolute atomic E-state index is 0.0859. The van der Waals surface area contributed by atoms with Crippen molar-refractivity contribution in [3.05, 3.63) is 62.6 Å². The first kappa shape index (κ1) is 21.0. The minimum Gasteiger partial charge on any atom is -0.493 e. The summed E-state index contributed by atoms with van der Waals surface area (Å²) in [5.74, 6) is 2.01. The third-order valence-electron chi connectivity index (χ3n) is 4.70. The quantitative estimate of drug-likeness (QED) is 0.470. The molecule has 3 aromatic rings. The second-order valence-electron chi connectivity index (χ2n) is 6.65. The van der Waals surface area contributed by atoms with Crippen LogP contribution < -0.4 is 15.0 Å². The van der Waals surface area contributed by atoms with E-state index in [1.54, 1.807) is 19.4 Å². The van der Waals surface area contributed by atoms with Gasteiger partial charge in [-0.1, -0.05) is 29.8 Å². The van der Waals surface area contributed by atoms with Crippen molar-refractivity contribution in [1.82, 2.24) is 9.66 Å². The molecule has 0 N–H and O–H groups in total. The van der Waals surface area contributed by atoms with E-state index in [1.165, 1.54) is 4.68 Å². The van der Waals surface area contributed by atoms with Gasteiger partial charge in [0.2, 0.25) is 0 Å². The molecule has 1 atom stereocenters. The van der Waals surface area contributed by atoms with Crippen LogP contribution in [0.15, 0.2) is 50.8 Å². The van der Waals surface area contributed by atoms with Gasteiger partial charge in [0, 0.05) is 10.4 Å². The van der Waals surface area contributed by atoms with E-state index in [4.69, 9.17) is 14.5 Å². The molecule has 1 aromatic heterocycles. The van der Waals surface area contributed by atoms with Crippen LogP contribution in [0.5, 0.6) is 11.5 Å². The van der Waals surface area contributed by atoms with Gasteiger partial charge in [-0.15, -0.1) is 0 Å². The Kier molecular flexibility index (Phi) is 6.69. The fourth-order valence-corrected chi connectivity index (χ4v) is 3.30. The second kappa shape index (κ2) is 9.22. The monoisotopic (exact) mass is 457 g/mol. The molecule has 152 valence electrons. The molecule has 0 radical (unpaired) electrons. The summed E-state index contributed by atoms with van der Waals surface area (Å²) in [6.45, 7) is 6.57. The van der Waals surface area contributed by atoms with Crippen LogP contribution in [-0.2, 0) is 0 Å². The molecule has 0 aliphatic carbocycles. The summed E-state index contributed by atoms with van der Waals surface area (Å²) in [4.78, 5) is 17.9. The Morgan fingerprint density at radius 1 is 1.21 bits per heavy atom. The van der Waals surface area contributed by atoms with E-state index in [0.717, 1.165) is 16.5 Å². The fourth-order valence-electron chi connectivity index (χ4n) is 2.94. The average molecular weight is 458 g/mol. The first-order valence-electron chi connectivity index (χ1n) is 9.55. The smallest absolute Gasteiger partial charge is 0.282 e. The van der Waals surface area contributed by atoms with Crippen molar-refractivity contribution in [2.45, 2.75) is 33.1 Å². The molecule has 0 amide bonds. The minimum atomic E-state index is -0.194. The molecular formula is C22H24BrN3O3. The molecule has 0 fully saturated rings. The lowest BCUT2D eigenvalue weighted by molar-refractivity contribution is 0.311. The van der Waals surface area contributed by atoms with Crippen LogP contribution in [0.25, 0.3) is 10.9 Å². The number of fused-ring (bicyclic) bond motifs is 1. The Morgan fingerprint density at radius 3 is 2.69 bits per heavy atom. The maximum Gasteiger partial charge on any atom is 0.282 e. The van der Waals surface area contributed by atoms with Crippen LogP contribution in [0.4, 0.5) is 0 Å². The highest BCUT2D eigenvalue weighted by Crippen LogP contribution is 2.27. The topological polar surface area (TPSA) is 65.7 Å². The Morgan fingerprint density at radius 2 is 2.00 bits per heavy atom. The zero-order valence-corrected chi connectivity index (χ0v) is 18.6. The van der Waals surface area contributed by atoms with Gasteiger partial charge in [0.25, 0.3) is 5.56 Å². The molecule has 1 heterocycles. The summed E-state index contributed by atoms with van der Waals surface area (Å²) in [5, 5.41) is 5.00. The van der Waals surface area contributed by atoms with Gasteiger partial charge >= 0.3 is 0 Å². The summed E-state index contributed by atoms with van der Waals surface area (Å²) in [6.07, 6.45) is 2.48. The SMILES string of the molecule is CCOc1ccc(C=Nn2c([C@H](C)CC)nc3ccc(Br)cc3c2=O)cc1OC. The van der Waals surface area contributed by atoms with Crippen molar-refractivity contribution in [2.75, 3.05) is 13.7 Å². The molecule has 0 saturated carbocycles. The predicted octanol–water partition coefficient (Wildman–Crippen LogP) is 4.96. The maximum atomic E-state index is 13.1. The number of hydrogen-bond acceptors (Lipinski definition) is 5. The molecule has 0 aliphatic heterocycles. The standard InChI is InChI=1S/C22H24BrN3O3/c1-5-14(3)21-25-18-9-8-16(23)12-17(18)22(27)26(21)24-13-15-7-10-19(29-6-2)20(11-15)28-4/h7-14H,5-6H2,1-4H3/t14-/m1/s1. The average Bonchev–Trinajstić information content (AvgIpc) is 2.73. The number of halogens is 1. The third kappa shape index (κ3) is 4.50. The lowest BCUT2D eigenvalue weighted by Crippen LogP contribution is -2.23. The van der Waals surface area contributed by atoms with Gasteiger partial charge in [-0.3, -0.25) is 4.79 Å². The fraction of sp³-hybridized carbons (Fsp3) is 0.318. The molecule has 0 unspecified atom stereocenters. The number of rotatable bonds is 7. The lowest BCUT2D eigenvalue weighted by Gasteiger charge is -2.14. The molecule has 3 rings (SSSR count). The third-order valence-corrected chi connectivity index (χ3v) is 5.19. The molecule has 2 aromatic carbocycles. The molecule has 0 aliphatic rings. The van der Waals surface area contributed by atoms with Crippen molar-refractivity contribution >= 4 is 33.0 Å². The van der Waals surface area contributed by atoms with Crippen LogP contribution in [0.2, 0.25) is 0 Å². The summed E-state index contributed by atoms with van der Waals surface area (Å²) >= 11 is 3.42. The Hall–Kier alpha value is -2.67. The second-order valence-corrected chi connectivity index (χ2v) is 7.56. The normalized spacial score (nSPS) is 12.4. The Balaban J connectivity index is 2.11. The van der Waals surface area contributed by atoms with Crippen molar-refractivity contribution in [2.24, 2.45) is 5.10 Å². The van der Waals surface area contributed by atoms with Gasteiger partial charge in [-0.05, 0) is 55.3 Å². The van der Waals surface area contributed by atoms with E-state index in [2.05, 4.69) is 28.0 Å². The molecule has 0 saturated heterocycles. The first-order chi connectivity index (χ1) is 14.0. The van der Waals surface area contributed by atoms with Crippen molar-refractivity contribution in [3.63, 3.8) is 0 Å². The number of methoxy groups -OCH3 is 1. The zero-order valence-electron chi connectivity index (χ0n) is 17.0. The van der Waals surface area contributed by atoms with Gasteiger partial charge in [-0.2, -0.15) is 9.78 Å². The van der Waals surface area contributed by atoms with Crippen LogP contribution in [0, 0.1) is 0 Å². The molecule has 0 spiro atoms. The highest BCUT2D eigenvalue weighted by atomic mass is 79.9. The van der Waals surface area contributed by atoms with E-state index < -0.39 is 0 Å². The van der Waals surface area contributed by atoms with E-state index >= 15 is 0 Å². The molecule has 7 heteroatoms. The summed E-state index contributed by atoms with van der Waals surface area (Å²) < 4.78 is 13.2. The predicted molar refractivity (Wildman–Crippen MR) is 120 cm³/mol. The van der Waals surface area contributed by atoms with Crippen LogP contribution in [-0.4, -0.2) is 29.6 Å². The number of benzene rings is 2. The highest BCUT2D eigenvalue weighted by Gasteiger charge is 2.15. The van der Waals surface area contributed by atoms with Crippen LogP contribution >= 0.6 is 15.9 Å². The van der Waals surface area contributed by atoms with Crippen LogP contribution in [0.3, 0.4) is 0 Å². The molecular weight excluding hydrogens is 434 g/mol. The van der Waals surface area contributed by atoms with Crippen molar-refractivity contribution < 1.29 is 9.47 Å². The van der Waals surface area contributed by atoms with E-state index in [-0.39, 0.29) is 11.5 Å². The number of hydrogen-bond donors (Lipinski definition) is 0. The Labute approximate surface area is 178 Å². The van der Waals surface area contributed by atoms with Crippen LogP contribution in [0.1, 0.15) is 44.5 Å². The van der Waals surface area contributed by atoms with E-state index in [0.29, 0.717) is 34.8 Å². The number of aromatic nitrogens is 2. The summed E-state index contributed by atoms with van der Waals surface area (Å²) in [7, 11) is 1.59. The van der Waals surface area contributed by atoms with E-state index in [1.807, 2.05) is 44.2 Å². The highest BCUT2D eigenvalue weighted by molar-refractivity contribution is 9.10. The number of ether oxygens (including phenoxy) is 2. The van der Waals surface area contributed by atoms with Gasteiger partial charge in [0.15, 0.2) is 11.5 Å². The molecule has 29 heavy (non-hydrogen) atoms. The van der Waals surface area contributed by atoms with Crippen molar-refractivity contribution in [1.29, 1.82) is 0 Å². The van der Waals surface area contributed by atoms with Crippen molar-refractivity contribution in [3.8, 4) is 11.5 Å². The van der Waals surface area contributed by atoms with E-state index in [9.17, 15) is 4.79 Å². The molecule has 6 nitrogen and oxygen atoms in total. The summed E-state index contributed by atoms with van der Waals surface area (Å²) in [5.41, 5.74) is 1.27. The zero-order chi connectivity index (χ0) is 21.0. The maximum absolute atomic E-state index is 13.1. The largest absolute Gasteiger partial charge is 0.493 e. The molecule has 0 bridgehead atoms.